The molecule has 0 saturated carbocycles. The zero-order valence-electron chi connectivity index (χ0n) is 13.3. The van der Waals surface area contributed by atoms with E-state index in [0.29, 0.717) is 16.8 Å². The predicted octanol–water partition coefficient (Wildman–Crippen LogP) is 4.60. The summed E-state index contributed by atoms with van der Waals surface area (Å²) in [4.78, 5) is 15.9. The average molecular weight is 339 g/mol. The minimum atomic E-state index is -4.76. The van der Waals surface area contributed by atoms with Crippen molar-refractivity contribution in [2.24, 2.45) is 0 Å². The molecule has 4 nitrogen and oxygen atoms in total. The number of hydrogen-bond donors (Lipinski definition) is 0. The summed E-state index contributed by atoms with van der Waals surface area (Å²) in [7, 11) is 0. The fourth-order valence-corrected chi connectivity index (χ4v) is 1.88. The molecule has 24 heavy (non-hydrogen) atoms. The number of pyridine rings is 1. The minimum absolute atomic E-state index is 0.299. The minimum Gasteiger partial charge on any atom is -0.456 e. The number of hydrogen-bond acceptors (Lipinski definition) is 4. The van der Waals surface area contributed by atoms with Gasteiger partial charge in [-0.2, -0.15) is 0 Å². The molecule has 0 N–H and O–H groups in total. The number of carbonyl (C=O) groups is 1. The van der Waals surface area contributed by atoms with Gasteiger partial charge in [-0.05, 0) is 39.0 Å². The van der Waals surface area contributed by atoms with Gasteiger partial charge in [0.05, 0.1) is 11.3 Å². The molecule has 0 fully saturated rings. The zero-order valence-corrected chi connectivity index (χ0v) is 13.3. The molecular formula is C17H16F3NO3. The van der Waals surface area contributed by atoms with Gasteiger partial charge in [0.15, 0.2) is 0 Å². The summed E-state index contributed by atoms with van der Waals surface area (Å²) in [6.07, 6.45) is -3.54. The van der Waals surface area contributed by atoms with E-state index in [2.05, 4.69) is 9.72 Å². The first kappa shape index (κ1) is 17.8. The summed E-state index contributed by atoms with van der Waals surface area (Å²) in [6, 6.07) is 8.52. The quantitative estimate of drug-likeness (QED) is 0.767. The molecule has 7 heteroatoms. The highest BCUT2D eigenvalue weighted by Gasteiger charge is 2.31. The van der Waals surface area contributed by atoms with E-state index >= 15 is 0 Å². The maximum Gasteiger partial charge on any atom is 0.573 e. The van der Waals surface area contributed by atoms with Crippen molar-refractivity contribution in [1.82, 2.24) is 4.98 Å². The van der Waals surface area contributed by atoms with E-state index < -0.39 is 17.9 Å². The number of rotatable bonds is 3. The number of benzene rings is 1. The van der Waals surface area contributed by atoms with Crippen LogP contribution < -0.4 is 4.74 Å². The molecule has 0 aliphatic heterocycles. The average Bonchev–Trinajstić information content (AvgIpc) is 2.44. The van der Waals surface area contributed by atoms with Gasteiger partial charge in [0, 0.05) is 17.8 Å². The Bertz CT molecular complexity index is 719. The van der Waals surface area contributed by atoms with Gasteiger partial charge in [-0.1, -0.05) is 12.1 Å². The van der Waals surface area contributed by atoms with Crippen LogP contribution in [0.4, 0.5) is 13.2 Å². The van der Waals surface area contributed by atoms with Crippen LogP contribution in [-0.2, 0) is 4.74 Å². The van der Waals surface area contributed by atoms with E-state index in [0.717, 1.165) is 6.07 Å². The van der Waals surface area contributed by atoms with E-state index in [1.165, 1.54) is 24.4 Å². The summed E-state index contributed by atoms with van der Waals surface area (Å²) in [5.41, 5.74) is 0.583. The molecule has 2 rings (SSSR count). The van der Waals surface area contributed by atoms with Crippen LogP contribution in [0.1, 0.15) is 31.1 Å². The van der Waals surface area contributed by atoms with Gasteiger partial charge in [-0.15, -0.1) is 13.2 Å². The van der Waals surface area contributed by atoms with Gasteiger partial charge >= 0.3 is 12.3 Å². The van der Waals surface area contributed by atoms with Crippen molar-refractivity contribution in [1.29, 1.82) is 0 Å². The highest BCUT2D eigenvalue weighted by atomic mass is 19.4. The molecule has 0 amide bonds. The van der Waals surface area contributed by atoms with Crippen molar-refractivity contribution in [3.05, 3.63) is 48.2 Å². The molecule has 0 radical (unpaired) electrons. The van der Waals surface area contributed by atoms with E-state index in [-0.39, 0.29) is 5.75 Å². The Kier molecular flexibility index (Phi) is 4.82. The van der Waals surface area contributed by atoms with E-state index in [9.17, 15) is 18.0 Å². The van der Waals surface area contributed by atoms with Crippen LogP contribution >= 0.6 is 0 Å². The summed E-state index contributed by atoms with van der Waals surface area (Å²) in [5, 5.41) is 0. The number of alkyl halides is 3. The lowest BCUT2D eigenvalue weighted by Gasteiger charge is -2.19. The molecule has 0 saturated heterocycles. The topological polar surface area (TPSA) is 48.4 Å². The fourth-order valence-electron chi connectivity index (χ4n) is 1.88. The fraction of sp³-hybridized carbons (Fsp3) is 0.294. The van der Waals surface area contributed by atoms with Crippen molar-refractivity contribution in [3.63, 3.8) is 0 Å². The van der Waals surface area contributed by atoms with Gasteiger partial charge in [0.25, 0.3) is 0 Å². The normalized spacial score (nSPS) is 11.9. The maximum absolute atomic E-state index is 12.3. The lowest BCUT2D eigenvalue weighted by atomic mass is 10.1. The molecule has 0 spiro atoms. The summed E-state index contributed by atoms with van der Waals surface area (Å²) < 4.78 is 45.9. The third-order valence-corrected chi connectivity index (χ3v) is 2.78. The molecule has 0 atom stereocenters. The van der Waals surface area contributed by atoms with Crippen LogP contribution in [0, 0.1) is 0 Å². The van der Waals surface area contributed by atoms with Crippen LogP contribution in [0.3, 0.4) is 0 Å². The third kappa shape index (κ3) is 5.26. The molecule has 1 heterocycles. The monoisotopic (exact) mass is 339 g/mol. The Labute approximate surface area is 137 Å². The second kappa shape index (κ2) is 6.51. The van der Waals surface area contributed by atoms with Gasteiger partial charge in [-0.25, -0.2) is 4.79 Å². The number of nitrogens with zero attached hydrogens (tertiary/aromatic N) is 1. The zero-order chi connectivity index (χ0) is 18.0. The first-order chi connectivity index (χ1) is 11.0. The number of ether oxygens (including phenoxy) is 2. The summed E-state index contributed by atoms with van der Waals surface area (Å²) in [6.45, 7) is 5.28. The first-order valence-electron chi connectivity index (χ1n) is 7.09. The Morgan fingerprint density at radius 1 is 1.04 bits per heavy atom. The molecule has 1 aromatic carbocycles. The molecule has 0 bridgehead atoms. The Morgan fingerprint density at radius 3 is 2.21 bits per heavy atom. The number of aromatic nitrogens is 1. The molecule has 1 aromatic heterocycles. The van der Waals surface area contributed by atoms with E-state index in [1.54, 1.807) is 32.9 Å². The van der Waals surface area contributed by atoms with Crippen molar-refractivity contribution in [2.45, 2.75) is 32.7 Å². The standard InChI is InChI=1S/C17H16F3NO3/c1-16(2,3)24-15(22)12-6-4-11(5-7-12)14-10-13(8-9-21-14)23-17(18,19)20/h4-10H,1-3H3. The maximum atomic E-state index is 12.3. The highest BCUT2D eigenvalue weighted by molar-refractivity contribution is 5.90. The number of esters is 1. The van der Waals surface area contributed by atoms with Gasteiger partial charge in [0.1, 0.15) is 11.4 Å². The van der Waals surface area contributed by atoms with Gasteiger partial charge < -0.3 is 9.47 Å². The van der Waals surface area contributed by atoms with E-state index in [1.807, 2.05) is 0 Å². The van der Waals surface area contributed by atoms with Crippen molar-refractivity contribution in [2.75, 3.05) is 0 Å². The predicted molar refractivity (Wildman–Crippen MR) is 81.5 cm³/mol. The molecule has 0 aliphatic rings. The SMILES string of the molecule is CC(C)(C)OC(=O)c1ccc(-c2cc(OC(F)(F)F)ccn2)cc1. The highest BCUT2D eigenvalue weighted by Crippen LogP contribution is 2.26. The van der Waals surface area contributed by atoms with Crippen LogP contribution in [0.25, 0.3) is 11.3 Å². The Balaban J connectivity index is 2.19. The Morgan fingerprint density at radius 2 is 1.67 bits per heavy atom. The van der Waals surface area contributed by atoms with Crippen LogP contribution in [0.15, 0.2) is 42.6 Å². The molecule has 0 aliphatic carbocycles. The van der Waals surface area contributed by atoms with Crippen molar-refractivity contribution in [3.8, 4) is 17.0 Å². The second-order valence-corrected chi connectivity index (χ2v) is 6.00. The van der Waals surface area contributed by atoms with Crippen molar-refractivity contribution < 1.29 is 27.4 Å². The lowest BCUT2D eigenvalue weighted by Crippen LogP contribution is -2.23. The van der Waals surface area contributed by atoms with Crippen LogP contribution in [0.2, 0.25) is 0 Å². The molecule has 0 unspecified atom stereocenters. The van der Waals surface area contributed by atoms with E-state index in [4.69, 9.17) is 4.74 Å². The smallest absolute Gasteiger partial charge is 0.456 e. The number of halogens is 3. The van der Waals surface area contributed by atoms with Gasteiger partial charge in [0.2, 0.25) is 0 Å². The van der Waals surface area contributed by atoms with Crippen molar-refractivity contribution >= 4 is 5.97 Å². The summed E-state index contributed by atoms with van der Waals surface area (Å²) >= 11 is 0. The molecule has 128 valence electrons. The molecule has 2 aromatic rings. The van der Waals surface area contributed by atoms with Crippen LogP contribution in [0.5, 0.6) is 5.75 Å². The van der Waals surface area contributed by atoms with Crippen LogP contribution in [-0.4, -0.2) is 22.9 Å². The summed E-state index contributed by atoms with van der Waals surface area (Å²) in [5.74, 6) is -0.833. The lowest BCUT2D eigenvalue weighted by molar-refractivity contribution is -0.274. The molecular weight excluding hydrogens is 323 g/mol. The van der Waals surface area contributed by atoms with Gasteiger partial charge in [-0.3, -0.25) is 4.98 Å². The largest absolute Gasteiger partial charge is 0.573 e. The third-order valence-electron chi connectivity index (χ3n) is 2.78. The Hall–Kier alpha value is -2.57. The first-order valence-corrected chi connectivity index (χ1v) is 7.09. The number of carbonyl (C=O) groups excluding carboxylic acids is 1. The second-order valence-electron chi connectivity index (χ2n) is 6.00.